The lowest BCUT2D eigenvalue weighted by Gasteiger charge is -2.26. The van der Waals surface area contributed by atoms with E-state index < -0.39 is 0 Å². The summed E-state index contributed by atoms with van der Waals surface area (Å²) in [5.41, 5.74) is 3.93. The number of Topliss-reactive ketones (excluding diaryl/α,β-unsaturated/α-hetero) is 1. The molecule has 1 amide bonds. The van der Waals surface area contributed by atoms with Crippen molar-refractivity contribution in [3.05, 3.63) is 34.9 Å². The first-order valence-corrected chi connectivity index (χ1v) is 9.11. The van der Waals surface area contributed by atoms with Gasteiger partial charge in [0.1, 0.15) is 6.61 Å². The molecular formula is C20H29NO3. The smallest absolute Gasteiger partial charge is 0.220 e. The number of unbranched alkanes of at least 4 members (excludes halogenated alkanes) is 3. The molecule has 0 spiro atoms. The molecule has 0 saturated carbocycles. The number of ketones is 1. The first-order valence-electron chi connectivity index (χ1n) is 9.11. The Morgan fingerprint density at radius 1 is 1.17 bits per heavy atom. The minimum atomic E-state index is -0.356. The molecule has 1 atom stereocenters. The number of carbonyl (C=O) groups is 2. The number of rotatable bonds is 9. The van der Waals surface area contributed by atoms with Crippen molar-refractivity contribution in [3.8, 4) is 0 Å². The van der Waals surface area contributed by atoms with Crippen molar-refractivity contribution < 1.29 is 14.7 Å². The quantitative estimate of drug-likeness (QED) is 0.682. The number of fused-ring (bicyclic) bond motifs is 1. The summed E-state index contributed by atoms with van der Waals surface area (Å²) in [5, 5.41) is 11.8. The molecule has 0 fully saturated rings. The second kappa shape index (κ2) is 9.58. The topological polar surface area (TPSA) is 66.4 Å². The molecule has 0 bridgehead atoms. The Hall–Kier alpha value is -1.68. The maximum absolute atomic E-state index is 12.2. The van der Waals surface area contributed by atoms with Gasteiger partial charge in [0.15, 0.2) is 5.78 Å². The molecule has 0 radical (unpaired) electrons. The fraction of sp³-hybridized carbons (Fsp3) is 0.600. The van der Waals surface area contributed by atoms with E-state index in [1.54, 1.807) is 0 Å². The Balaban J connectivity index is 1.69. The van der Waals surface area contributed by atoms with Gasteiger partial charge in [0.25, 0.3) is 0 Å². The van der Waals surface area contributed by atoms with Gasteiger partial charge in [0.2, 0.25) is 5.91 Å². The predicted molar refractivity (Wildman–Crippen MR) is 94.8 cm³/mol. The van der Waals surface area contributed by atoms with Crippen LogP contribution in [0.15, 0.2) is 18.2 Å². The summed E-state index contributed by atoms with van der Waals surface area (Å²) in [4.78, 5) is 23.2. The fourth-order valence-corrected chi connectivity index (χ4v) is 3.40. The average Bonchev–Trinajstić information content (AvgIpc) is 2.57. The van der Waals surface area contributed by atoms with Crippen LogP contribution in [0.25, 0.3) is 0 Å². The van der Waals surface area contributed by atoms with E-state index in [0.717, 1.165) is 44.9 Å². The average molecular weight is 331 g/mol. The number of benzene rings is 1. The first-order chi connectivity index (χ1) is 11.6. The van der Waals surface area contributed by atoms with Gasteiger partial charge < -0.3 is 10.4 Å². The van der Waals surface area contributed by atoms with Crippen LogP contribution in [-0.2, 0) is 16.0 Å². The summed E-state index contributed by atoms with van der Waals surface area (Å²) in [6, 6.07) is 6.68. The number of aryl methyl sites for hydroxylation is 2. The van der Waals surface area contributed by atoms with Crippen molar-refractivity contribution in [2.45, 2.75) is 70.8 Å². The van der Waals surface area contributed by atoms with Crippen LogP contribution in [-0.4, -0.2) is 23.4 Å². The largest absolute Gasteiger partial charge is 0.389 e. The Morgan fingerprint density at radius 2 is 1.92 bits per heavy atom. The molecule has 0 aliphatic heterocycles. The Morgan fingerprint density at radius 3 is 2.67 bits per heavy atom. The van der Waals surface area contributed by atoms with E-state index in [4.69, 9.17) is 5.11 Å². The van der Waals surface area contributed by atoms with Crippen molar-refractivity contribution in [1.29, 1.82) is 0 Å². The lowest BCUT2D eigenvalue weighted by atomic mass is 9.86. The van der Waals surface area contributed by atoms with Crippen molar-refractivity contribution in [1.82, 2.24) is 5.32 Å². The van der Waals surface area contributed by atoms with Crippen LogP contribution >= 0.6 is 0 Å². The number of hydrogen-bond acceptors (Lipinski definition) is 3. The van der Waals surface area contributed by atoms with E-state index in [9.17, 15) is 9.59 Å². The number of aliphatic hydroxyl groups excluding tert-OH is 1. The summed E-state index contributed by atoms with van der Waals surface area (Å²) in [5.74, 6) is 0.0267. The third-order valence-corrected chi connectivity index (χ3v) is 4.73. The molecule has 4 nitrogen and oxygen atoms in total. The van der Waals surface area contributed by atoms with E-state index in [-0.39, 0.29) is 24.3 Å². The van der Waals surface area contributed by atoms with Crippen molar-refractivity contribution in [2.24, 2.45) is 0 Å². The minimum Gasteiger partial charge on any atom is -0.389 e. The van der Waals surface area contributed by atoms with Gasteiger partial charge >= 0.3 is 0 Å². The van der Waals surface area contributed by atoms with Crippen molar-refractivity contribution >= 4 is 11.7 Å². The Bertz CT molecular complexity index is 568. The molecular weight excluding hydrogens is 302 g/mol. The molecule has 0 aromatic heterocycles. The van der Waals surface area contributed by atoms with Crippen LogP contribution in [0.3, 0.4) is 0 Å². The molecule has 2 rings (SSSR count). The molecule has 4 heteroatoms. The number of nitrogens with one attached hydrogen (secondary N) is 1. The minimum absolute atomic E-state index is 0.0982. The lowest BCUT2D eigenvalue weighted by Crippen LogP contribution is -2.30. The van der Waals surface area contributed by atoms with Gasteiger partial charge in [0, 0.05) is 12.8 Å². The van der Waals surface area contributed by atoms with E-state index in [2.05, 4.69) is 30.4 Å². The second-order valence-corrected chi connectivity index (χ2v) is 6.83. The van der Waals surface area contributed by atoms with E-state index in [1.165, 1.54) is 16.7 Å². The Kier molecular flexibility index (Phi) is 7.44. The van der Waals surface area contributed by atoms with E-state index in [0.29, 0.717) is 12.8 Å². The monoisotopic (exact) mass is 331 g/mol. The number of hydrogen-bond donors (Lipinski definition) is 2. The highest BCUT2D eigenvalue weighted by molar-refractivity contribution is 5.79. The predicted octanol–water partition coefficient (Wildman–Crippen LogP) is 3.39. The zero-order chi connectivity index (χ0) is 17.4. The number of aliphatic hydroxyl groups is 1. The Labute approximate surface area is 144 Å². The van der Waals surface area contributed by atoms with Gasteiger partial charge in [-0.3, -0.25) is 9.59 Å². The molecule has 2 N–H and O–H groups in total. The normalized spacial score (nSPS) is 16.5. The van der Waals surface area contributed by atoms with Gasteiger partial charge in [-0.15, -0.1) is 0 Å². The third-order valence-electron chi connectivity index (χ3n) is 4.73. The van der Waals surface area contributed by atoms with E-state index in [1.807, 2.05) is 0 Å². The molecule has 1 aliphatic carbocycles. The zero-order valence-corrected chi connectivity index (χ0v) is 14.6. The van der Waals surface area contributed by atoms with Crippen molar-refractivity contribution in [3.63, 3.8) is 0 Å². The highest BCUT2D eigenvalue weighted by Crippen LogP contribution is 2.30. The van der Waals surface area contributed by atoms with Gasteiger partial charge in [-0.25, -0.2) is 0 Å². The maximum Gasteiger partial charge on any atom is 0.220 e. The molecule has 1 aromatic rings. The highest BCUT2D eigenvalue weighted by Gasteiger charge is 2.21. The lowest BCUT2D eigenvalue weighted by molar-refractivity contribution is -0.122. The highest BCUT2D eigenvalue weighted by atomic mass is 16.3. The molecule has 0 heterocycles. The van der Waals surface area contributed by atoms with Crippen LogP contribution < -0.4 is 5.32 Å². The fourth-order valence-electron chi connectivity index (χ4n) is 3.40. The summed E-state index contributed by atoms with van der Waals surface area (Å²) < 4.78 is 0. The van der Waals surface area contributed by atoms with Crippen LogP contribution in [0, 0.1) is 6.92 Å². The summed E-state index contributed by atoms with van der Waals surface area (Å²) in [6.07, 6.45) is 7.79. The molecule has 0 saturated heterocycles. The SMILES string of the molecule is Cc1ccc2c(c1)CCCC2NC(=O)CCCCCCC(=O)CO. The van der Waals surface area contributed by atoms with Crippen LogP contribution in [0.1, 0.15) is 74.1 Å². The zero-order valence-electron chi connectivity index (χ0n) is 14.6. The van der Waals surface area contributed by atoms with Gasteiger partial charge in [-0.1, -0.05) is 36.6 Å². The van der Waals surface area contributed by atoms with Gasteiger partial charge in [-0.05, 0) is 50.2 Å². The summed E-state index contributed by atoms with van der Waals surface area (Å²) in [6.45, 7) is 1.75. The van der Waals surface area contributed by atoms with Crippen LogP contribution in [0.2, 0.25) is 0 Å². The standard InChI is InChI=1S/C20H29NO3/c1-15-11-12-18-16(13-15)7-6-9-19(18)21-20(24)10-5-3-2-4-8-17(23)14-22/h11-13,19,22H,2-10,14H2,1H3,(H,21,24). The second-order valence-electron chi connectivity index (χ2n) is 6.83. The third kappa shape index (κ3) is 5.75. The maximum atomic E-state index is 12.2. The van der Waals surface area contributed by atoms with Crippen molar-refractivity contribution in [2.75, 3.05) is 6.61 Å². The number of amides is 1. The molecule has 132 valence electrons. The van der Waals surface area contributed by atoms with Crippen LogP contribution in [0.4, 0.5) is 0 Å². The first kappa shape index (κ1) is 18.7. The molecule has 24 heavy (non-hydrogen) atoms. The van der Waals surface area contributed by atoms with E-state index >= 15 is 0 Å². The summed E-state index contributed by atoms with van der Waals surface area (Å²) >= 11 is 0. The molecule has 1 aliphatic rings. The van der Waals surface area contributed by atoms with Gasteiger partial charge in [0.05, 0.1) is 6.04 Å². The number of carbonyl (C=O) groups excluding carboxylic acids is 2. The summed E-state index contributed by atoms with van der Waals surface area (Å²) in [7, 11) is 0. The van der Waals surface area contributed by atoms with Crippen LogP contribution in [0.5, 0.6) is 0 Å². The van der Waals surface area contributed by atoms with Gasteiger partial charge in [-0.2, -0.15) is 0 Å². The molecule has 1 aromatic carbocycles. The molecule has 1 unspecified atom stereocenters.